The van der Waals surface area contributed by atoms with E-state index in [0.717, 1.165) is 18.1 Å². The topological polar surface area (TPSA) is 77.0 Å². The molecule has 2 rings (SSSR count). The molecule has 0 unspecified atom stereocenters. The second kappa shape index (κ2) is 9.82. The maximum absolute atomic E-state index is 5.89. The van der Waals surface area contributed by atoms with Crippen molar-refractivity contribution in [2.24, 2.45) is 4.99 Å². The molecule has 7 nitrogen and oxygen atoms in total. The third-order valence-electron chi connectivity index (χ3n) is 3.64. The van der Waals surface area contributed by atoms with Crippen molar-refractivity contribution < 1.29 is 14.2 Å². The first kappa shape index (κ1) is 21.3. The highest BCUT2D eigenvalue weighted by atomic mass is 16.5. The zero-order chi connectivity index (χ0) is 20.6. The normalized spacial score (nSPS) is 11.7. The number of ether oxygens (including phenoxy) is 3. The van der Waals surface area contributed by atoms with Crippen LogP contribution >= 0.6 is 0 Å². The predicted molar refractivity (Wildman–Crippen MR) is 112 cm³/mol. The van der Waals surface area contributed by atoms with Crippen molar-refractivity contribution in [1.29, 1.82) is 0 Å². The molecule has 0 spiro atoms. The molecule has 0 radical (unpaired) electrons. The Kier molecular flexibility index (Phi) is 7.49. The molecule has 0 fully saturated rings. The first-order valence-corrected chi connectivity index (χ1v) is 9.26. The van der Waals surface area contributed by atoms with E-state index in [1.54, 1.807) is 26.5 Å². The van der Waals surface area contributed by atoms with Gasteiger partial charge in [0.05, 0.1) is 20.8 Å². The second-order valence-corrected chi connectivity index (χ2v) is 7.17. The molecule has 2 aromatic rings. The number of rotatable bonds is 7. The molecular formula is C21H30N4O3. The molecule has 0 aliphatic heterocycles. The minimum atomic E-state index is -0.0647. The molecule has 7 heteroatoms. The van der Waals surface area contributed by atoms with Gasteiger partial charge in [0.15, 0.2) is 17.5 Å². The van der Waals surface area contributed by atoms with E-state index in [-0.39, 0.29) is 5.54 Å². The summed E-state index contributed by atoms with van der Waals surface area (Å²) in [6.45, 7) is 9.64. The van der Waals surface area contributed by atoms with Gasteiger partial charge in [-0.3, -0.25) is 0 Å². The van der Waals surface area contributed by atoms with E-state index >= 15 is 0 Å². The molecule has 1 aromatic carbocycles. The predicted octanol–water partition coefficient (Wildman–Crippen LogP) is 3.74. The molecular weight excluding hydrogens is 356 g/mol. The molecule has 0 saturated carbocycles. The molecule has 0 atom stereocenters. The summed E-state index contributed by atoms with van der Waals surface area (Å²) in [5.74, 6) is 2.88. The van der Waals surface area contributed by atoms with E-state index in [9.17, 15) is 0 Å². The molecule has 1 heterocycles. The molecule has 0 bridgehead atoms. The highest BCUT2D eigenvalue weighted by Gasteiger charge is 2.13. The summed E-state index contributed by atoms with van der Waals surface area (Å²) in [6, 6.07) is 9.21. The van der Waals surface area contributed by atoms with Crippen LogP contribution < -0.4 is 24.8 Å². The Labute approximate surface area is 167 Å². The minimum absolute atomic E-state index is 0.0647. The van der Waals surface area contributed by atoms with Gasteiger partial charge in [0, 0.05) is 24.3 Å². The maximum Gasteiger partial charge on any atom is 0.219 e. The van der Waals surface area contributed by atoms with Crippen molar-refractivity contribution in [3.05, 3.63) is 42.1 Å². The van der Waals surface area contributed by atoms with Crippen LogP contribution in [0.4, 0.5) is 0 Å². The van der Waals surface area contributed by atoms with Crippen LogP contribution in [0.5, 0.6) is 23.1 Å². The van der Waals surface area contributed by atoms with Gasteiger partial charge < -0.3 is 24.8 Å². The fourth-order valence-corrected chi connectivity index (χ4v) is 2.42. The Bertz CT molecular complexity index is 761. The number of para-hydroxylation sites is 1. The number of hydrogen-bond acceptors (Lipinski definition) is 5. The maximum atomic E-state index is 5.89. The molecule has 2 N–H and O–H groups in total. The standard InChI is InChI=1S/C21H30N4O3/c1-7-22-20(25-21(2,3)4)24-14-15-11-12-18(23-13-15)28-19-16(26-5)9-8-10-17(19)27-6/h8-13H,7,14H2,1-6H3,(H2,22,24,25). The van der Waals surface area contributed by atoms with Crippen LogP contribution in [-0.2, 0) is 6.54 Å². The number of pyridine rings is 1. The third-order valence-corrected chi connectivity index (χ3v) is 3.64. The van der Waals surface area contributed by atoms with Crippen LogP contribution in [0.3, 0.4) is 0 Å². The Morgan fingerprint density at radius 2 is 1.75 bits per heavy atom. The summed E-state index contributed by atoms with van der Waals surface area (Å²) in [6.07, 6.45) is 1.75. The zero-order valence-electron chi connectivity index (χ0n) is 17.5. The smallest absolute Gasteiger partial charge is 0.219 e. The highest BCUT2D eigenvalue weighted by molar-refractivity contribution is 5.80. The number of guanidine groups is 1. The van der Waals surface area contributed by atoms with Gasteiger partial charge >= 0.3 is 0 Å². The average molecular weight is 386 g/mol. The SMILES string of the molecule is CCNC(=NCc1ccc(Oc2c(OC)cccc2OC)nc1)NC(C)(C)C. The van der Waals surface area contributed by atoms with E-state index in [4.69, 9.17) is 14.2 Å². The molecule has 0 aliphatic rings. The van der Waals surface area contributed by atoms with Gasteiger partial charge in [-0.1, -0.05) is 12.1 Å². The summed E-state index contributed by atoms with van der Waals surface area (Å²) >= 11 is 0. The number of nitrogens with one attached hydrogen (secondary N) is 2. The fraction of sp³-hybridized carbons (Fsp3) is 0.429. The van der Waals surface area contributed by atoms with Crippen LogP contribution in [0.1, 0.15) is 33.3 Å². The van der Waals surface area contributed by atoms with Gasteiger partial charge in [0.1, 0.15) is 0 Å². The van der Waals surface area contributed by atoms with E-state index in [2.05, 4.69) is 41.4 Å². The molecule has 0 aliphatic carbocycles. The molecule has 0 saturated heterocycles. The summed E-state index contributed by atoms with van der Waals surface area (Å²) in [4.78, 5) is 8.99. The average Bonchev–Trinajstić information content (AvgIpc) is 2.66. The van der Waals surface area contributed by atoms with E-state index in [1.807, 2.05) is 31.2 Å². The lowest BCUT2D eigenvalue weighted by molar-refractivity contribution is 0.342. The number of aliphatic imine (C=N–C) groups is 1. The Morgan fingerprint density at radius 1 is 1.07 bits per heavy atom. The second-order valence-electron chi connectivity index (χ2n) is 7.17. The van der Waals surface area contributed by atoms with E-state index < -0.39 is 0 Å². The Hall–Kier alpha value is -2.96. The van der Waals surface area contributed by atoms with Crippen molar-refractivity contribution in [2.45, 2.75) is 39.8 Å². The Morgan fingerprint density at radius 3 is 2.25 bits per heavy atom. The number of nitrogens with zero attached hydrogens (tertiary/aromatic N) is 2. The monoisotopic (exact) mass is 386 g/mol. The van der Waals surface area contributed by atoms with Gasteiger partial charge in [-0.05, 0) is 45.4 Å². The number of methoxy groups -OCH3 is 2. The van der Waals surface area contributed by atoms with Crippen LogP contribution in [-0.4, -0.2) is 37.2 Å². The van der Waals surface area contributed by atoms with Crippen molar-refractivity contribution >= 4 is 5.96 Å². The third kappa shape index (κ3) is 6.33. The van der Waals surface area contributed by atoms with Crippen LogP contribution in [0.25, 0.3) is 0 Å². The van der Waals surface area contributed by atoms with Crippen molar-refractivity contribution in [3.63, 3.8) is 0 Å². The van der Waals surface area contributed by atoms with Gasteiger partial charge in [0.2, 0.25) is 11.6 Å². The van der Waals surface area contributed by atoms with Crippen LogP contribution in [0.2, 0.25) is 0 Å². The quantitative estimate of drug-likeness (QED) is 0.558. The lowest BCUT2D eigenvalue weighted by Gasteiger charge is -2.23. The first-order valence-electron chi connectivity index (χ1n) is 9.26. The first-order chi connectivity index (χ1) is 13.4. The van der Waals surface area contributed by atoms with Crippen molar-refractivity contribution in [3.8, 4) is 23.1 Å². The zero-order valence-corrected chi connectivity index (χ0v) is 17.5. The number of benzene rings is 1. The van der Waals surface area contributed by atoms with Gasteiger partial charge in [-0.2, -0.15) is 0 Å². The molecule has 0 amide bonds. The van der Waals surface area contributed by atoms with Crippen LogP contribution in [0, 0.1) is 0 Å². The molecule has 1 aromatic heterocycles. The largest absolute Gasteiger partial charge is 0.493 e. The van der Waals surface area contributed by atoms with Crippen molar-refractivity contribution in [1.82, 2.24) is 15.6 Å². The lowest BCUT2D eigenvalue weighted by Crippen LogP contribution is -2.47. The van der Waals surface area contributed by atoms with Gasteiger partial charge in [-0.15, -0.1) is 0 Å². The molecule has 152 valence electrons. The van der Waals surface area contributed by atoms with E-state index in [0.29, 0.717) is 29.7 Å². The lowest BCUT2D eigenvalue weighted by atomic mass is 10.1. The highest BCUT2D eigenvalue weighted by Crippen LogP contribution is 2.39. The number of aromatic nitrogens is 1. The van der Waals surface area contributed by atoms with Crippen molar-refractivity contribution in [2.75, 3.05) is 20.8 Å². The Balaban J connectivity index is 2.11. The van der Waals surface area contributed by atoms with E-state index in [1.165, 1.54) is 0 Å². The van der Waals surface area contributed by atoms with Gasteiger partial charge in [0.25, 0.3) is 0 Å². The summed E-state index contributed by atoms with van der Waals surface area (Å²) < 4.78 is 16.6. The summed E-state index contributed by atoms with van der Waals surface area (Å²) in [7, 11) is 3.17. The number of hydrogen-bond donors (Lipinski definition) is 2. The van der Waals surface area contributed by atoms with Crippen LogP contribution in [0.15, 0.2) is 41.5 Å². The molecule has 28 heavy (non-hydrogen) atoms. The summed E-state index contributed by atoms with van der Waals surface area (Å²) in [5, 5.41) is 6.61. The summed E-state index contributed by atoms with van der Waals surface area (Å²) in [5.41, 5.74) is 0.913. The fourth-order valence-electron chi connectivity index (χ4n) is 2.42. The minimum Gasteiger partial charge on any atom is -0.493 e. The van der Waals surface area contributed by atoms with Gasteiger partial charge in [-0.25, -0.2) is 9.98 Å².